The van der Waals surface area contributed by atoms with Crippen LogP contribution in [0.15, 0.2) is 78.3 Å². The van der Waals surface area contributed by atoms with E-state index in [0.717, 1.165) is 63.5 Å². The Balaban J connectivity index is 0.990. The number of amidine groups is 1. The number of hydrogen-bond donors (Lipinski definition) is 3. The predicted octanol–water partition coefficient (Wildman–Crippen LogP) is 5.33. The van der Waals surface area contributed by atoms with Crippen LogP contribution in [0.1, 0.15) is 58.2 Å². The molecule has 5 rings (SSSR count). The highest BCUT2D eigenvalue weighted by molar-refractivity contribution is 8.26. The predicted molar refractivity (Wildman–Crippen MR) is 190 cm³/mol. The summed E-state index contributed by atoms with van der Waals surface area (Å²) < 4.78 is 4.10. The second-order valence-corrected chi connectivity index (χ2v) is 13.5. The number of anilines is 1. The molecule has 5 aromatic rings. The van der Waals surface area contributed by atoms with Crippen molar-refractivity contribution in [3.63, 3.8) is 0 Å². The maximum atomic E-state index is 12.7. The molecule has 0 unspecified atom stereocenters. The molecule has 3 aromatic heterocycles. The number of thioether (sulfide) groups is 1. The number of aliphatic imine (C=N–C) groups is 1. The number of nitrogens with zero attached hydrogens (tertiary/aromatic N) is 7. The molecule has 0 fully saturated rings. The van der Waals surface area contributed by atoms with Crippen LogP contribution in [0.5, 0.6) is 0 Å². The maximum absolute atomic E-state index is 12.7. The first-order chi connectivity index (χ1) is 23.2. The summed E-state index contributed by atoms with van der Waals surface area (Å²) in [6, 6.07) is 15.8. The number of carbonyl (C=O) groups excluding carboxylic acids is 2. The second-order valence-electron chi connectivity index (χ2n) is 11.3. The molecule has 2 aromatic carbocycles. The minimum absolute atomic E-state index is 0.0692. The quantitative estimate of drug-likeness (QED) is 0.0802. The van der Waals surface area contributed by atoms with Crippen molar-refractivity contribution in [1.29, 1.82) is 5.41 Å². The van der Waals surface area contributed by atoms with Crippen LogP contribution in [-0.4, -0.2) is 51.3 Å². The van der Waals surface area contributed by atoms with Crippen molar-refractivity contribution in [2.75, 3.05) is 5.32 Å². The summed E-state index contributed by atoms with van der Waals surface area (Å²) in [6.45, 7) is 5.28. The monoisotopic (exact) mass is 682 g/mol. The van der Waals surface area contributed by atoms with Crippen LogP contribution in [0, 0.1) is 19.3 Å². The van der Waals surface area contributed by atoms with E-state index in [1.54, 1.807) is 12.4 Å². The number of nitrogens with one attached hydrogen (secondary N) is 2. The number of unbranched alkanes of at least 4 members (excludes halogenated alkanes) is 1. The normalized spacial score (nSPS) is 11.5. The van der Waals surface area contributed by atoms with Gasteiger partial charge in [-0.25, -0.2) is 9.97 Å². The Morgan fingerprint density at radius 1 is 0.896 bits per heavy atom. The number of benzene rings is 2. The molecule has 0 saturated carbocycles. The summed E-state index contributed by atoms with van der Waals surface area (Å²) in [6.07, 6.45) is 10.5. The molecule has 0 spiro atoms. The number of aromatic nitrogens is 6. The summed E-state index contributed by atoms with van der Waals surface area (Å²) in [5.74, 6) is 1.37. The lowest BCUT2D eigenvalue weighted by Crippen LogP contribution is -2.14. The van der Waals surface area contributed by atoms with Crippen LogP contribution in [0.3, 0.4) is 0 Å². The molecule has 0 bridgehead atoms. The van der Waals surface area contributed by atoms with E-state index in [1.807, 2.05) is 79.3 Å². The fourth-order valence-electron chi connectivity index (χ4n) is 5.06. The SMILES string of the molecule is Cc1nccn1Cc1cccc(CC(=O)N=C(N)SC(=N)CCCCc2nnc(NC(=O)Cc3cccc(Cn4ccnc4C)c3)s2)c1. The smallest absolute Gasteiger partial charge is 0.252 e. The van der Waals surface area contributed by atoms with Gasteiger partial charge in [0.15, 0.2) is 5.17 Å². The van der Waals surface area contributed by atoms with Crippen molar-refractivity contribution in [1.82, 2.24) is 29.3 Å². The zero-order valence-corrected chi connectivity index (χ0v) is 28.6. The molecule has 48 heavy (non-hydrogen) atoms. The summed E-state index contributed by atoms with van der Waals surface area (Å²) in [5, 5.41) is 21.1. The van der Waals surface area contributed by atoms with Gasteiger partial charge < -0.3 is 20.2 Å². The van der Waals surface area contributed by atoms with Gasteiger partial charge >= 0.3 is 0 Å². The lowest BCUT2D eigenvalue weighted by atomic mass is 10.1. The van der Waals surface area contributed by atoms with Crippen molar-refractivity contribution in [3.05, 3.63) is 112 Å². The highest BCUT2D eigenvalue weighted by Crippen LogP contribution is 2.19. The summed E-state index contributed by atoms with van der Waals surface area (Å²) in [5.41, 5.74) is 9.93. The fourth-order valence-corrected chi connectivity index (χ4v) is 6.51. The molecule has 0 aliphatic rings. The Labute approximate surface area is 287 Å². The molecule has 3 heterocycles. The Hall–Kier alpha value is -4.95. The number of nitrogens with two attached hydrogens (primary N) is 1. The molecular formula is C34H38N10O2S2. The summed E-state index contributed by atoms with van der Waals surface area (Å²) in [7, 11) is 0. The van der Waals surface area contributed by atoms with E-state index >= 15 is 0 Å². The van der Waals surface area contributed by atoms with Gasteiger partial charge in [0.1, 0.15) is 16.7 Å². The minimum atomic E-state index is -0.350. The molecule has 0 atom stereocenters. The van der Waals surface area contributed by atoms with Crippen LogP contribution in [0.25, 0.3) is 0 Å². The van der Waals surface area contributed by atoms with E-state index in [0.29, 0.717) is 36.1 Å². The Bertz CT molecular complexity index is 1910. The minimum Gasteiger partial charge on any atom is -0.378 e. The van der Waals surface area contributed by atoms with Crippen molar-refractivity contribution in [2.24, 2.45) is 10.7 Å². The van der Waals surface area contributed by atoms with Crippen molar-refractivity contribution >= 4 is 50.3 Å². The molecule has 248 valence electrons. The van der Waals surface area contributed by atoms with E-state index in [2.05, 4.69) is 35.0 Å². The van der Waals surface area contributed by atoms with Crippen LogP contribution >= 0.6 is 23.1 Å². The zero-order valence-electron chi connectivity index (χ0n) is 26.9. The van der Waals surface area contributed by atoms with Gasteiger partial charge in [-0.2, -0.15) is 4.99 Å². The van der Waals surface area contributed by atoms with E-state index in [9.17, 15) is 9.59 Å². The molecule has 14 heteroatoms. The van der Waals surface area contributed by atoms with Crippen LogP contribution in [0.4, 0.5) is 5.13 Å². The van der Waals surface area contributed by atoms with E-state index < -0.39 is 0 Å². The van der Waals surface area contributed by atoms with Gasteiger partial charge in [-0.05, 0) is 67.1 Å². The molecule has 0 saturated heterocycles. The van der Waals surface area contributed by atoms with Crippen molar-refractivity contribution in [2.45, 2.75) is 65.5 Å². The number of imidazole rings is 2. The van der Waals surface area contributed by atoms with E-state index in [-0.39, 0.29) is 29.8 Å². The Morgan fingerprint density at radius 2 is 1.50 bits per heavy atom. The third-order valence-corrected chi connectivity index (χ3v) is 9.13. The molecular weight excluding hydrogens is 645 g/mol. The lowest BCUT2D eigenvalue weighted by molar-refractivity contribution is -0.117. The highest BCUT2D eigenvalue weighted by atomic mass is 32.2. The van der Waals surface area contributed by atoms with Crippen LogP contribution in [-0.2, 0) is 41.9 Å². The number of amides is 2. The van der Waals surface area contributed by atoms with E-state index in [1.165, 1.54) is 11.3 Å². The molecule has 0 aliphatic carbocycles. The number of carbonyl (C=O) groups is 2. The highest BCUT2D eigenvalue weighted by Gasteiger charge is 2.12. The van der Waals surface area contributed by atoms with Gasteiger partial charge in [-0.1, -0.05) is 59.9 Å². The van der Waals surface area contributed by atoms with Gasteiger partial charge in [0, 0.05) is 44.3 Å². The first kappa shape index (κ1) is 34.4. The number of aryl methyl sites for hydroxylation is 3. The maximum Gasteiger partial charge on any atom is 0.252 e. The molecule has 2 amide bonds. The van der Waals surface area contributed by atoms with Crippen LogP contribution < -0.4 is 11.1 Å². The average Bonchev–Trinajstić information content (AvgIpc) is 3.77. The first-order valence-corrected chi connectivity index (χ1v) is 17.2. The topological polar surface area (TPSA) is 170 Å². The molecule has 4 N–H and O–H groups in total. The van der Waals surface area contributed by atoms with Gasteiger partial charge in [0.05, 0.1) is 17.9 Å². The Morgan fingerprint density at radius 3 is 2.10 bits per heavy atom. The van der Waals surface area contributed by atoms with Crippen molar-refractivity contribution < 1.29 is 9.59 Å². The van der Waals surface area contributed by atoms with Gasteiger partial charge in [-0.15, -0.1) is 10.2 Å². The largest absolute Gasteiger partial charge is 0.378 e. The number of rotatable bonds is 14. The lowest BCUT2D eigenvalue weighted by Gasteiger charge is -2.07. The third-order valence-electron chi connectivity index (χ3n) is 7.48. The summed E-state index contributed by atoms with van der Waals surface area (Å²) >= 11 is 2.36. The fraction of sp³-hybridized carbons (Fsp3) is 0.294. The third kappa shape index (κ3) is 10.5. The van der Waals surface area contributed by atoms with Gasteiger partial charge in [0.2, 0.25) is 11.0 Å². The molecule has 0 radical (unpaired) electrons. The average molecular weight is 683 g/mol. The van der Waals surface area contributed by atoms with Gasteiger partial charge in [0.25, 0.3) is 5.91 Å². The Kier molecular flexibility index (Phi) is 12.0. The number of hydrogen-bond acceptors (Lipinski definition) is 9. The second kappa shape index (κ2) is 16.7. The standard InChI is InChI=1S/C34H38N10O2S2/c1-23-37-13-15-43(23)21-27-9-5-7-25(17-27)19-30(45)39-33(36)47-29(35)11-3-4-12-32-41-42-34(48-32)40-31(46)20-26-8-6-10-28(18-26)22-44-16-14-38-24(44)2/h5-10,13-18,35H,3-4,11-12,19-22H2,1-2H3,(H2,36,39,45)(H,40,42,46). The van der Waals surface area contributed by atoms with Crippen molar-refractivity contribution in [3.8, 4) is 0 Å². The van der Waals surface area contributed by atoms with E-state index in [4.69, 9.17) is 11.1 Å². The molecule has 0 aliphatic heterocycles. The molecule has 12 nitrogen and oxygen atoms in total. The van der Waals surface area contributed by atoms with Crippen LogP contribution in [0.2, 0.25) is 0 Å². The first-order valence-electron chi connectivity index (χ1n) is 15.6. The van der Waals surface area contributed by atoms with Gasteiger partial charge in [-0.3, -0.25) is 15.0 Å². The zero-order chi connectivity index (χ0) is 33.9. The summed E-state index contributed by atoms with van der Waals surface area (Å²) in [4.78, 5) is 37.7.